The Balaban J connectivity index is 2.53. The van der Waals surface area contributed by atoms with Crippen LogP contribution in [0, 0.1) is 18.8 Å². The minimum Gasteiger partial charge on any atom is -0.300 e. The van der Waals surface area contributed by atoms with Crippen LogP contribution in [0.1, 0.15) is 62.1 Å². The molecule has 1 aromatic rings. The molecule has 2 unspecified atom stereocenters. The first kappa shape index (κ1) is 23.7. The maximum atomic E-state index is 14.5. The van der Waals surface area contributed by atoms with Crippen molar-refractivity contribution in [2.75, 3.05) is 13.6 Å². The number of rotatable bonds is 12. The van der Waals surface area contributed by atoms with Gasteiger partial charge in [-0.2, -0.15) is 0 Å². The number of thiophene rings is 1. The van der Waals surface area contributed by atoms with E-state index >= 15 is 0 Å². The van der Waals surface area contributed by atoms with Gasteiger partial charge in [0.05, 0.1) is 0 Å². The van der Waals surface area contributed by atoms with E-state index in [-0.39, 0.29) is 6.04 Å². The normalized spacial score (nSPS) is 14.7. The van der Waals surface area contributed by atoms with Crippen molar-refractivity contribution >= 4 is 11.3 Å². The van der Waals surface area contributed by atoms with Crippen LogP contribution in [0.3, 0.4) is 0 Å². The highest BCUT2D eigenvalue weighted by Crippen LogP contribution is 2.23. The van der Waals surface area contributed by atoms with Gasteiger partial charge in [-0.25, -0.2) is 4.39 Å². The van der Waals surface area contributed by atoms with Crippen molar-refractivity contribution in [3.63, 3.8) is 0 Å². The monoisotopic (exact) mass is 389 g/mol. The third-order valence-corrected chi connectivity index (χ3v) is 5.72. The van der Waals surface area contributed by atoms with Gasteiger partial charge >= 0.3 is 0 Å². The Labute approximate surface area is 170 Å². The van der Waals surface area contributed by atoms with Crippen LogP contribution in [0.4, 0.5) is 4.39 Å². The van der Waals surface area contributed by atoms with Gasteiger partial charge in [0.15, 0.2) is 0 Å². The molecule has 0 aliphatic rings. The van der Waals surface area contributed by atoms with Gasteiger partial charge in [-0.3, -0.25) is 4.90 Å². The first-order valence-electron chi connectivity index (χ1n) is 10.1. The molecule has 0 aromatic carbocycles. The molecule has 27 heavy (non-hydrogen) atoms. The molecule has 2 atom stereocenters. The van der Waals surface area contributed by atoms with Gasteiger partial charge in [-0.15, -0.1) is 23.2 Å². The molecule has 0 aliphatic heterocycles. The zero-order valence-electron chi connectivity index (χ0n) is 17.6. The topological polar surface area (TPSA) is 3.24 Å². The van der Waals surface area contributed by atoms with Crippen LogP contribution in [0.25, 0.3) is 0 Å². The Hall–Kier alpha value is -1.37. The van der Waals surface area contributed by atoms with Gasteiger partial charge in [0.25, 0.3) is 0 Å². The summed E-state index contributed by atoms with van der Waals surface area (Å²) in [6, 6.07) is 4.48. The summed E-state index contributed by atoms with van der Waals surface area (Å²) >= 11 is 1.87. The van der Waals surface area contributed by atoms with Crippen molar-refractivity contribution in [3.8, 4) is 11.8 Å². The summed E-state index contributed by atoms with van der Waals surface area (Å²) in [4.78, 5) is 5.07. The molecule has 0 saturated carbocycles. The van der Waals surface area contributed by atoms with E-state index in [0.29, 0.717) is 6.42 Å². The molecule has 0 bridgehead atoms. The molecule has 0 aliphatic carbocycles. The predicted molar refractivity (Wildman–Crippen MR) is 119 cm³/mol. The number of halogens is 1. The van der Waals surface area contributed by atoms with E-state index in [1.807, 2.05) is 11.3 Å². The Morgan fingerprint density at radius 1 is 1.33 bits per heavy atom. The van der Waals surface area contributed by atoms with Crippen molar-refractivity contribution in [2.45, 2.75) is 77.4 Å². The second-order valence-electron chi connectivity index (χ2n) is 7.38. The molecule has 0 amide bonds. The highest BCUT2D eigenvalue weighted by atomic mass is 32.1. The summed E-state index contributed by atoms with van der Waals surface area (Å²) in [7, 11) is 2.10. The third kappa shape index (κ3) is 10.5. The summed E-state index contributed by atoms with van der Waals surface area (Å²) in [6.07, 6.45) is 12.3. The van der Waals surface area contributed by atoms with E-state index in [0.717, 1.165) is 45.1 Å². The Kier molecular flexibility index (Phi) is 11.3. The fourth-order valence-corrected chi connectivity index (χ4v) is 3.86. The molecule has 0 fully saturated rings. The number of aryl methyl sites for hydroxylation is 2. The van der Waals surface area contributed by atoms with E-state index in [1.165, 1.54) is 15.8 Å². The number of hydrogen-bond acceptors (Lipinski definition) is 2. The number of likely N-dealkylation sites (N-methyl/N-ethyl adjacent to an activating group) is 1. The first-order chi connectivity index (χ1) is 12.9. The second kappa shape index (κ2) is 12.9. The average molecular weight is 390 g/mol. The van der Waals surface area contributed by atoms with E-state index in [9.17, 15) is 4.39 Å². The quantitative estimate of drug-likeness (QED) is 0.217. The minimum absolute atomic E-state index is 0.0878. The molecule has 150 valence electrons. The lowest BCUT2D eigenvalue weighted by atomic mass is 9.97. The number of unbranched alkanes of at least 4 members (excludes halogenated alkanes) is 2. The van der Waals surface area contributed by atoms with Gasteiger partial charge in [-0.1, -0.05) is 31.7 Å². The lowest BCUT2D eigenvalue weighted by Crippen LogP contribution is -2.36. The first-order valence-corrected chi connectivity index (χ1v) is 10.9. The fourth-order valence-electron chi connectivity index (χ4n) is 2.93. The maximum absolute atomic E-state index is 14.5. The summed E-state index contributed by atoms with van der Waals surface area (Å²) in [5.41, 5.74) is -1.35. The number of hydrogen-bond donors (Lipinski definition) is 0. The Morgan fingerprint density at radius 2 is 2.11 bits per heavy atom. The molecular formula is C24H36FNS. The van der Waals surface area contributed by atoms with Crippen molar-refractivity contribution in [3.05, 3.63) is 46.7 Å². The standard InChI is InChI=1S/C24H36FNS/c1-6-8-9-10-11-12-13-15-22(20-24(4,25)7-2)26(5)19-14-16-23-18-17-21(3)27-23/h7,13,15,17-18,22H,2,6,10-12,14,16,19-20H2,1,3-5H3/b15-13+. The van der Waals surface area contributed by atoms with Crippen LogP contribution < -0.4 is 0 Å². The van der Waals surface area contributed by atoms with E-state index in [2.05, 4.69) is 68.5 Å². The molecule has 1 heterocycles. The number of alkyl halides is 1. The average Bonchev–Trinajstić information content (AvgIpc) is 3.05. The van der Waals surface area contributed by atoms with E-state index in [1.54, 1.807) is 6.92 Å². The lowest BCUT2D eigenvalue weighted by molar-refractivity contribution is 0.170. The number of nitrogens with zero attached hydrogens (tertiary/aromatic N) is 1. The Bertz CT molecular complexity index is 632. The summed E-state index contributed by atoms with van der Waals surface area (Å²) in [5, 5.41) is 0. The van der Waals surface area contributed by atoms with Gasteiger partial charge in [0, 0.05) is 35.1 Å². The molecule has 1 rings (SSSR count). The molecule has 1 nitrogen and oxygen atoms in total. The zero-order valence-corrected chi connectivity index (χ0v) is 18.4. The van der Waals surface area contributed by atoms with Crippen LogP contribution in [-0.4, -0.2) is 30.2 Å². The van der Waals surface area contributed by atoms with Crippen molar-refractivity contribution < 1.29 is 4.39 Å². The molecule has 1 aromatic heterocycles. The summed E-state index contributed by atoms with van der Waals surface area (Å²) in [6.45, 7) is 10.4. The van der Waals surface area contributed by atoms with Crippen molar-refractivity contribution in [1.82, 2.24) is 4.90 Å². The maximum Gasteiger partial charge on any atom is 0.127 e. The van der Waals surface area contributed by atoms with Crippen molar-refractivity contribution in [1.29, 1.82) is 0 Å². The fraction of sp³-hybridized carbons (Fsp3) is 0.583. The van der Waals surface area contributed by atoms with Crippen molar-refractivity contribution in [2.24, 2.45) is 0 Å². The van der Waals surface area contributed by atoms with Gasteiger partial charge in [0.2, 0.25) is 0 Å². The van der Waals surface area contributed by atoms with E-state index < -0.39 is 5.67 Å². The second-order valence-corrected chi connectivity index (χ2v) is 8.75. The molecular weight excluding hydrogens is 353 g/mol. The van der Waals surface area contributed by atoms with Gasteiger partial charge in [-0.05, 0) is 65.3 Å². The van der Waals surface area contributed by atoms with Crippen LogP contribution in [0.5, 0.6) is 0 Å². The predicted octanol–water partition coefficient (Wildman–Crippen LogP) is 6.73. The Morgan fingerprint density at radius 3 is 2.74 bits per heavy atom. The third-order valence-electron chi connectivity index (χ3n) is 4.66. The van der Waals surface area contributed by atoms with Crippen LogP contribution >= 0.6 is 11.3 Å². The summed E-state index contributed by atoms with van der Waals surface area (Å²) in [5.74, 6) is 6.27. The number of allylic oxidation sites excluding steroid dienone is 2. The van der Waals surface area contributed by atoms with Crippen LogP contribution in [0.15, 0.2) is 36.9 Å². The zero-order chi connectivity index (χ0) is 20.1. The SMILES string of the molecule is C=CC(C)(F)CC(/C=C/CCCC#CCC)N(C)CCCc1ccc(C)s1. The smallest absolute Gasteiger partial charge is 0.127 e. The van der Waals surface area contributed by atoms with E-state index in [4.69, 9.17) is 0 Å². The van der Waals surface area contributed by atoms with Gasteiger partial charge < -0.3 is 0 Å². The minimum atomic E-state index is -1.35. The molecule has 0 radical (unpaired) electrons. The summed E-state index contributed by atoms with van der Waals surface area (Å²) < 4.78 is 14.5. The molecule has 0 saturated heterocycles. The highest BCUT2D eigenvalue weighted by Gasteiger charge is 2.25. The largest absolute Gasteiger partial charge is 0.300 e. The van der Waals surface area contributed by atoms with Crippen LogP contribution in [0.2, 0.25) is 0 Å². The lowest BCUT2D eigenvalue weighted by Gasteiger charge is -2.29. The molecule has 3 heteroatoms. The molecule has 0 spiro atoms. The molecule has 0 N–H and O–H groups in total. The van der Waals surface area contributed by atoms with Crippen LogP contribution in [-0.2, 0) is 6.42 Å². The highest BCUT2D eigenvalue weighted by molar-refractivity contribution is 7.11. The van der Waals surface area contributed by atoms with Gasteiger partial charge in [0.1, 0.15) is 5.67 Å².